The number of carbonyl (C=O) groups is 1. The van der Waals surface area contributed by atoms with Gasteiger partial charge in [-0.25, -0.2) is 9.48 Å². The minimum Gasteiger partial charge on any atom is -0.476 e. The van der Waals surface area contributed by atoms with Crippen LogP contribution in [0.3, 0.4) is 0 Å². The molecule has 1 aliphatic rings. The van der Waals surface area contributed by atoms with Crippen molar-refractivity contribution in [2.24, 2.45) is 0 Å². The average Bonchev–Trinajstić information content (AvgIpc) is 2.95. The number of fused-ring (bicyclic) bond motifs is 3. The summed E-state index contributed by atoms with van der Waals surface area (Å²) in [7, 11) is 0. The molecular formula is C19H16N2O2. The van der Waals surface area contributed by atoms with Gasteiger partial charge in [0.05, 0.1) is 11.4 Å². The summed E-state index contributed by atoms with van der Waals surface area (Å²) in [6.45, 7) is 2.08. The normalized spacial score (nSPS) is 12.6. The highest BCUT2D eigenvalue weighted by atomic mass is 16.4. The first-order valence-electron chi connectivity index (χ1n) is 7.65. The summed E-state index contributed by atoms with van der Waals surface area (Å²) in [5.41, 5.74) is 6.34. The molecule has 1 N–H and O–H groups in total. The van der Waals surface area contributed by atoms with Crippen LogP contribution in [0.15, 0.2) is 48.5 Å². The predicted octanol–water partition coefficient (Wildman–Crippen LogP) is 3.64. The number of nitrogens with zero attached hydrogens (tertiary/aromatic N) is 2. The Kier molecular flexibility index (Phi) is 3.05. The summed E-state index contributed by atoms with van der Waals surface area (Å²) in [5, 5.41) is 13.9. The summed E-state index contributed by atoms with van der Waals surface area (Å²) < 4.78 is 1.77. The smallest absolute Gasteiger partial charge is 0.356 e. The SMILES string of the molecule is Cc1ccc2c(c1)CCc1c(C(=O)O)nn(-c3ccccc3)c1-2. The highest BCUT2D eigenvalue weighted by molar-refractivity contribution is 5.91. The van der Waals surface area contributed by atoms with Crippen LogP contribution in [0, 0.1) is 6.92 Å². The van der Waals surface area contributed by atoms with Gasteiger partial charge in [-0.1, -0.05) is 42.0 Å². The van der Waals surface area contributed by atoms with Crippen LogP contribution in [0.4, 0.5) is 0 Å². The van der Waals surface area contributed by atoms with Crippen LogP contribution in [0.1, 0.15) is 27.2 Å². The van der Waals surface area contributed by atoms with Gasteiger partial charge in [-0.2, -0.15) is 5.10 Å². The maximum absolute atomic E-state index is 11.6. The fourth-order valence-electron chi connectivity index (χ4n) is 3.31. The van der Waals surface area contributed by atoms with E-state index in [2.05, 4.69) is 30.2 Å². The number of hydrogen-bond donors (Lipinski definition) is 1. The van der Waals surface area contributed by atoms with Crippen LogP contribution >= 0.6 is 0 Å². The maximum Gasteiger partial charge on any atom is 0.356 e. The largest absolute Gasteiger partial charge is 0.476 e. The number of carboxylic acid groups (broad SMARTS) is 1. The van der Waals surface area contributed by atoms with Gasteiger partial charge < -0.3 is 5.11 Å². The molecule has 0 saturated heterocycles. The van der Waals surface area contributed by atoms with E-state index in [9.17, 15) is 9.90 Å². The lowest BCUT2D eigenvalue weighted by molar-refractivity contribution is 0.0689. The van der Waals surface area contributed by atoms with Crippen molar-refractivity contribution >= 4 is 5.97 Å². The monoisotopic (exact) mass is 304 g/mol. The van der Waals surface area contributed by atoms with Gasteiger partial charge in [-0.05, 0) is 37.5 Å². The van der Waals surface area contributed by atoms with E-state index < -0.39 is 5.97 Å². The number of aryl methyl sites for hydroxylation is 2. The fraction of sp³-hybridized carbons (Fsp3) is 0.158. The summed E-state index contributed by atoms with van der Waals surface area (Å²) in [6.07, 6.45) is 1.56. The molecule has 2 aromatic carbocycles. The van der Waals surface area contributed by atoms with Gasteiger partial charge in [0.1, 0.15) is 0 Å². The minimum absolute atomic E-state index is 0.162. The maximum atomic E-state index is 11.6. The van der Waals surface area contributed by atoms with Gasteiger partial charge in [0.2, 0.25) is 0 Å². The van der Waals surface area contributed by atoms with Crippen molar-refractivity contribution in [1.29, 1.82) is 0 Å². The number of hydrogen-bond acceptors (Lipinski definition) is 2. The zero-order valence-corrected chi connectivity index (χ0v) is 12.8. The zero-order chi connectivity index (χ0) is 16.0. The Balaban J connectivity index is 2.03. The van der Waals surface area contributed by atoms with E-state index in [1.165, 1.54) is 11.1 Å². The van der Waals surface area contributed by atoms with Gasteiger partial charge in [-0.15, -0.1) is 0 Å². The van der Waals surface area contributed by atoms with Crippen LogP contribution in [0.5, 0.6) is 0 Å². The second-order valence-corrected chi connectivity index (χ2v) is 5.89. The Morgan fingerprint density at radius 3 is 2.65 bits per heavy atom. The van der Waals surface area contributed by atoms with Crippen LogP contribution in [0.25, 0.3) is 16.9 Å². The number of rotatable bonds is 2. The first-order valence-corrected chi connectivity index (χ1v) is 7.65. The molecule has 4 heteroatoms. The average molecular weight is 304 g/mol. The molecule has 4 rings (SSSR count). The van der Waals surface area contributed by atoms with Crippen molar-refractivity contribution in [1.82, 2.24) is 9.78 Å². The molecule has 0 saturated carbocycles. The molecule has 0 spiro atoms. The van der Waals surface area contributed by atoms with Crippen LogP contribution < -0.4 is 0 Å². The predicted molar refractivity (Wildman–Crippen MR) is 88.1 cm³/mol. The number of carboxylic acids is 1. The minimum atomic E-state index is -0.966. The molecule has 0 bridgehead atoms. The van der Waals surface area contributed by atoms with Crippen molar-refractivity contribution in [2.75, 3.05) is 0 Å². The van der Waals surface area contributed by atoms with Gasteiger partial charge in [0, 0.05) is 11.1 Å². The Hall–Kier alpha value is -2.88. The highest BCUT2D eigenvalue weighted by Gasteiger charge is 2.28. The lowest BCUT2D eigenvalue weighted by Crippen LogP contribution is -2.08. The Morgan fingerprint density at radius 2 is 1.91 bits per heavy atom. The quantitative estimate of drug-likeness (QED) is 0.786. The van der Waals surface area contributed by atoms with E-state index in [1.807, 2.05) is 30.3 Å². The molecule has 0 unspecified atom stereocenters. The highest BCUT2D eigenvalue weighted by Crippen LogP contribution is 2.37. The van der Waals surface area contributed by atoms with E-state index in [4.69, 9.17) is 0 Å². The third-order valence-corrected chi connectivity index (χ3v) is 4.35. The topological polar surface area (TPSA) is 55.1 Å². The molecular weight excluding hydrogens is 288 g/mol. The van der Waals surface area contributed by atoms with Crippen molar-refractivity contribution in [3.8, 4) is 16.9 Å². The third-order valence-electron chi connectivity index (χ3n) is 4.35. The lowest BCUT2D eigenvalue weighted by atomic mass is 9.88. The summed E-state index contributed by atoms with van der Waals surface area (Å²) in [6, 6.07) is 16.0. The van der Waals surface area contributed by atoms with Crippen molar-refractivity contribution in [3.05, 3.63) is 70.9 Å². The van der Waals surface area contributed by atoms with E-state index in [1.54, 1.807) is 4.68 Å². The van der Waals surface area contributed by atoms with E-state index in [-0.39, 0.29) is 5.69 Å². The molecule has 0 aliphatic heterocycles. The van der Waals surface area contributed by atoms with E-state index >= 15 is 0 Å². The molecule has 23 heavy (non-hydrogen) atoms. The van der Waals surface area contributed by atoms with Crippen molar-refractivity contribution in [2.45, 2.75) is 19.8 Å². The van der Waals surface area contributed by atoms with Gasteiger partial charge in [0.15, 0.2) is 5.69 Å². The third kappa shape index (κ3) is 2.14. The van der Waals surface area contributed by atoms with Crippen molar-refractivity contribution < 1.29 is 9.90 Å². The second-order valence-electron chi connectivity index (χ2n) is 5.89. The molecule has 0 atom stereocenters. The number of aromatic carboxylic acids is 1. The standard InChI is InChI=1S/C19H16N2O2/c1-12-7-9-15-13(11-12)8-10-16-17(19(22)23)20-21(18(15)16)14-5-3-2-4-6-14/h2-7,9,11H,8,10H2,1H3,(H,22,23). The summed E-state index contributed by atoms with van der Waals surface area (Å²) in [5.74, 6) is -0.966. The van der Waals surface area contributed by atoms with Crippen LogP contribution in [-0.4, -0.2) is 20.9 Å². The molecule has 0 radical (unpaired) electrons. The van der Waals surface area contributed by atoms with Crippen LogP contribution in [0.2, 0.25) is 0 Å². The first kappa shape index (κ1) is 13.8. The second kappa shape index (κ2) is 5.09. The number of para-hydroxylation sites is 1. The molecule has 1 aliphatic carbocycles. The first-order chi connectivity index (χ1) is 11.1. The van der Waals surface area contributed by atoms with E-state index in [0.717, 1.165) is 28.9 Å². The molecule has 3 aromatic rings. The molecule has 114 valence electrons. The summed E-state index contributed by atoms with van der Waals surface area (Å²) in [4.78, 5) is 11.6. The molecule has 1 heterocycles. The Bertz CT molecular complexity index is 911. The van der Waals surface area contributed by atoms with Crippen LogP contribution in [-0.2, 0) is 12.8 Å². The van der Waals surface area contributed by atoms with Crippen molar-refractivity contribution in [3.63, 3.8) is 0 Å². The lowest BCUT2D eigenvalue weighted by Gasteiger charge is -2.19. The van der Waals surface area contributed by atoms with E-state index in [0.29, 0.717) is 6.42 Å². The van der Waals surface area contributed by atoms with Gasteiger partial charge >= 0.3 is 5.97 Å². The Labute approximate surface area is 134 Å². The number of benzene rings is 2. The number of aromatic nitrogens is 2. The molecule has 0 fully saturated rings. The molecule has 4 nitrogen and oxygen atoms in total. The fourth-order valence-corrected chi connectivity index (χ4v) is 3.31. The zero-order valence-electron chi connectivity index (χ0n) is 12.8. The molecule has 0 amide bonds. The summed E-state index contributed by atoms with van der Waals surface area (Å²) >= 11 is 0. The van der Waals surface area contributed by atoms with Gasteiger partial charge in [0.25, 0.3) is 0 Å². The van der Waals surface area contributed by atoms with Gasteiger partial charge in [-0.3, -0.25) is 0 Å². The Morgan fingerprint density at radius 1 is 1.13 bits per heavy atom. The molecule has 1 aromatic heterocycles.